The summed E-state index contributed by atoms with van der Waals surface area (Å²) >= 11 is 5.34. The fraction of sp³-hybridized carbons (Fsp3) is 0.176. The predicted octanol–water partition coefficient (Wildman–Crippen LogP) is 3.09. The molecule has 3 aromatic rings. The quantitative estimate of drug-likeness (QED) is 0.685. The van der Waals surface area contributed by atoms with Crippen LogP contribution in [0.15, 0.2) is 42.5 Å². The first-order valence-corrected chi connectivity index (χ1v) is 8.10. The first kappa shape index (κ1) is 15.5. The van der Waals surface area contributed by atoms with E-state index in [0.29, 0.717) is 17.1 Å². The molecule has 0 amide bonds. The van der Waals surface area contributed by atoms with E-state index in [4.69, 9.17) is 26.4 Å². The van der Waals surface area contributed by atoms with Gasteiger partial charge in [-0.25, -0.2) is 9.77 Å². The Labute approximate surface area is 149 Å². The van der Waals surface area contributed by atoms with E-state index in [9.17, 15) is 0 Å². The molecule has 8 heteroatoms. The van der Waals surface area contributed by atoms with Crippen LogP contribution in [-0.4, -0.2) is 28.8 Å². The molecule has 1 aliphatic heterocycles. The van der Waals surface area contributed by atoms with E-state index >= 15 is 0 Å². The van der Waals surface area contributed by atoms with Crippen molar-refractivity contribution >= 4 is 12.2 Å². The summed E-state index contributed by atoms with van der Waals surface area (Å²) in [6.07, 6.45) is 0. The second kappa shape index (κ2) is 6.48. The number of para-hydroxylation sites is 1. The molecular formula is C17H16N4O3S. The van der Waals surface area contributed by atoms with Crippen molar-refractivity contribution in [2.75, 3.05) is 19.3 Å². The highest BCUT2D eigenvalue weighted by Gasteiger charge is 2.15. The largest absolute Gasteiger partial charge is 0.496 e. The van der Waals surface area contributed by atoms with Crippen LogP contribution in [0.1, 0.15) is 5.56 Å². The maximum atomic E-state index is 5.42. The number of rotatable bonds is 5. The van der Waals surface area contributed by atoms with E-state index in [1.54, 1.807) is 11.8 Å². The molecule has 0 radical (unpaired) electrons. The zero-order valence-electron chi connectivity index (χ0n) is 13.5. The van der Waals surface area contributed by atoms with Crippen LogP contribution in [0.4, 0.5) is 0 Å². The van der Waals surface area contributed by atoms with Crippen molar-refractivity contribution in [3.8, 4) is 28.6 Å². The number of methoxy groups -OCH3 is 1. The lowest BCUT2D eigenvalue weighted by Gasteiger charge is -2.12. The summed E-state index contributed by atoms with van der Waals surface area (Å²) < 4.78 is 18.4. The molecule has 4 rings (SSSR count). The van der Waals surface area contributed by atoms with Crippen LogP contribution in [0, 0.1) is 4.77 Å². The Hall–Kier alpha value is -3.00. The molecule has 2 heterocycles. The third-order valence-corrected chi connectivity index (χ3v) is 4.17. The Morgan fingerprint density at radius 1 is 1.24 bits per heavy atom. The molecule has 0 saturated heterocycles. The van der Waals surface area contributed by atoms with E-state index in [-0.39, 0.29) is 6.79 Å². The smallest absolute Gasteiger partial charge is 0.231 e. The summed E-state index contributed by atoms with van der Waals surface area (Å²) in [4.78, 5) is 0. The molecule has 0 spiro atoms. The Kier molecular flexibility index (Phi) is 4.02. The van der Waals surface area contributed by atoms with Gasteiger partial charge < -0.3 is 19.6 Å². The summed E-state index contributed by atoms with van der Waals surface area (Å²) in [5.41, 5.74) is 5.17. The van der Waals surface area contributed by atoms with Crippen LogP contribution >= 0.6 is 12.2 Å². The normalized spacial score (nSPS) is 12.2. The SMILES string of the molecule is COc1ccccc1-c1n[nH]c(=S)n1NCc1ccc2c(c1)OCO2. The fourth-order valence-corrected chi connectivity index (χ4v) is 2.87. The zero-order chi connectivity index (χ0) is 17.2. The van der Waals surface area contributed by atoms with Gasteiger partial charge in [0.1, 0.15) is 5.75 Å². The third-order valence-electron chi connectivity index (χ3n) is 3.90. The Bertz CT molecular complexity index is 967. The molecule has 25 heavy (non-hydrogen) atoms. The van der Waals surface area contributed by atoms with Crippen LogP contribution in [0.2, 0.25) is 0 Å². The molecule has 2 aromatic carbocycles. The van der Waals surface area contributed by atoms with E-state index in [1.165, 1.54) is 0 Å². The molecule has 0 aliphatic carbocycles. The van der Waals surface area contributed by atoms with Gasteiger partial charge in [0, 0.05) is 0 Å². The van der Waals surface area contributed by atoms with Crippen molar-refractivity contribution in [3.05, 3.63) is 52.8 Å². The molecule has 0 bridgehead atoms. The van der Waals surface area contributed by atoms with Gasteiger partial charge in [0.2, 0.25) is 11.6 Å². The van der Waals surface area contributed by atoms with Crippen LogP contribution in [0.5, 0.6) is 17.2 Å². The molecular weight excluding hydrogens is 340 g/mol. The highest BCUT2D eigenvalue weighted by atomic mass is 32.1. The lowest BCUT2D eigenvalue weighted by Crippen LogP contribution is -2.16. The molecule has 0 saturated carbocycles. The predicted molar refractivity (Wildman–Crippen MR) is 95.0 cm³/mol. The highest BCUT2D eigenvalue weighted by molar-refractivity contribution is 7.71. The van der Waals surface area contributed by atoms with Gasteiger partial charge in [0.15, 0.2) is 17.3 Å². The monoisotopic (exact) mass is 356 g/mol. The van der Waals surface area contributed by atoms with Gasteiger partial charge in [0.05, 0.1) is 19.2 Å². The number of H-pyrrole nitrogens is 1. The van der Waals surface area contributed by atoms with Gasteiger partial charge in [-0.15, -0.1) is 0 Å². The molecule has 7 nitrogen and oxygen atoms in total. The van der Waals surface area contributed by atoms with Gasteiger partial charge in [-0.1, -0.05) is 18.2 Å². The Morgan fingerprint density at radius 2 is 2.08 bits per heavy atom. The number of aromatic amines is 1. The van der Waals surface area contributed by atoms with Crippen LogP contribution in [-0.2, 0) is 6.54 Å². The van der Waals surface area contributed by atoms with Crippen molar-refractivity contribution in [2.24, 2.45) is 0 Å². The maximum absolute atomic E-state index is 5.42. The molecule has 0 fully saturated rings. The van der Waals surface area contributed by atoms with Crippen molar-refractivity contribution in [1.29, 1.82) is 0 Å². The van der Waals surface area contributed by atoms with Gasteiger partial charge in [-0.2, -0.15) is 5.10 Å². The maximum Gasteiger partial charge on any atom is 0.231 e. The molecule has 128 valence electrons. The van der Waals surface area contributed by atoms with Crippen molar-refractivity contribution in [2.45, 2.75) is 6.54 Å². The first-order valence-electron chi connectivity index (χ1n) is 7.69. The summed E-state index contributed by atoms with van der Waals surface area (Å²) in [5.74, 6) is 2.89. The lowest BCUT2D eigenvalue weighted by atomic mass is 10.2. The van der Waals surface area contributed by atoms with Crippen molar-refractivity contribution < 1.29 is 14.2 Å². The van der Waals surface area contributed by atoms with Gasteiger partial charge in [0.25, 0.3) is 0 Å². The van der Waals surface area contributed by atoms with Crippen molar-refractivity contribution in [1.82, 2.24) is 14.9 Å². The molecule has 2 N–H and O–H groups in total. The standard InChI is InChI=1S/C17H16N4O3S/c1-22-13-5-3-2-4-12(13)16-19-20-17(25)21(16)18-9-11-6-7-14-15(8-11)24-10-23-14/h2-8,18H,9-10H2,1H3,(H,20,25). The number of benzene rings is 2. The van der Waals surface area contributed by atoms with Crippen LogP contribution in [0.25, 0.3) is 11.4 Å². The number of fused-ring (bicyclic) bond motifs is 1. The molecule has 1 aliphatic rings. The number of ether oxygens (including phenoxy) is 3. The highest BCUT2D eigenvalue weighted by Crippen LogP contribution is 2.32. The minimum atomic E-state index is 0.261. The Morgan fingerprint density at radius 3 is 2.96 bits per heavy atom. The number of hydrogen-bond donors (Lipinski definition) is 2. The van der Waals surface area contributed by atoms with E-state index < -0.39 is 0 Å². The fourth-order valence-electron chi connectivity index (χ4n) is 2.67. The Balaban J connectivity index is 1.61. The average Bonchev–Trinajstić information content (AvgIpc) is 3.25. The molecule has 0 atom stereocenters. The van der Waals surface area contributed by atoms with Gasteiger partial charge >= 0.3 is 0 Å². The van der Waals surface area contributed by atoms with E-state index in [2.05, 4.69) is 15.6 Å². The summed E-state index contributed by atoms with van der Waals surface area (Å²) in [6.45, 7) is 0.809. The second-order valence-corrected chi connectivity index (χ2v) is 5.80. The number of hydrogen-bond acceptors (Lipinski definition) is 6. The second-order valence-electron chi connectivity index (χ2n) is 5.41. The zero-order valence-corrected chi connectivity index (χ0v) is 14.3. The van der Waals surface area contributed by atoms with E-state index in [0.717, 1.165) is 28.4 Å². The summed E-state index contributed by atoms with van der Waals surface area (Å²) in [6, 6.07) is 13.5. The number of aromatic nitrogens is 3. The topological polar surface area (TPSA) is 73.3 Å². The lowest BCUT2D eigenvalue weighted by molar-refractivity contribution is 0.174. The minimum Gasteiger partial charge on any atom is -0.496 e. The summed E-state index contributed by atoms with van der Waals surface area (Å²) in [7, 11) is 1.63. The third kappa shape index (κ3) is 2.91. The number of nitrogens with one attached hydrogen (secondary N) is 2. The first-order chi connectivity index (χ1) is 12.3. The molecule has 0 unspecified atom stereocenters. The van der Waals surface area contributed by atoms with Crippen LogP contribution < -0.4 is 19.6 Å². The van der Waals surface area contributed by atoms with Crippen LogP contribution in [0.3, 0.4) is 0 Å². The molecule has 1 aromatic heterocycles. The summed E-state index contributed by atoms with van der Waals surface area (Å²) in [5, 5.41) is 7.14. The van der Waals surface area contributed by atoms with E-state index in [1.807, 2.05) is 42.5 Å². The van der Waals surface area contributed by atoms with Gasteiger partial charge in [-0.3, -0.25) is 0 Å². The number of nitrogens with zero attached hydrogens (tertiary/aromatic N) is 2. The average molecular weight is 356 g/mol. The van der Waals surface area contributed by atoms with Crippen molar-refractivity contribution in [3.63, 3.8) is 0 Å². The minimum absolute atomic E-state index is 0.261. The van der Waals surface area contributed by atoms with Gasteiger partial charge in [-0.05, 0) is 42.0 Å².